The number of para-hydroxylation sites is 1. The first-order valence-corrected chi connectivity index (χ1v) is 7.70. The highest BCUT2D eigenvalue weighted by molar-refractivity contribution is 6.29. The molecule has 0 aliphatic heterocycles. The van der Waals surface area contributed by atoms with Crippen LogP contribution in [0.4, 0.5) is 0 Å². The second kappa shape index (κ2) is 6.90. The molecule has 1 aromatic heterocycles. The van der Waals surface area contributed by atoms with E-state index in [4.69, 9.17) is 16.3 Å². The first-order valence-electron chi connectivity index (χ1n) is 7.32. The van der Waals surface area contributed by atoms with Gasteiger partial charge in [-0.25, -0.2) is 4.98 Å². The van der Waals surface area contributed by atoms with E-state index in [1.54, 1.807) is 6.07 Å². The maximum Gasteiger partial charge on any atom is 0.224 e. The summed E-state index contributed by atoms with van der Waals surface area (Å²) in [5.41, 5.74) is 1.18. The molecular weight excluding hydrogens is 284 g/mol. The Balaban J connectivity index is 2.34. The quantitative estimate of drug-likeness (QED) is 0.678. The lowest BCUT2D eigenvalue weighted by atomic mass is 9.98. The topological polar surface area (TPSA) is 35.0 Å². The molecule has 0 spiro atoms. The molecule has 1 heterocycles. The third-order valence-electron chi connectivity index (χ3n) is 3.48. The molecular formula is C17H21ClN2O. The first-order chi connectivity index (χ1) is 10.0. The normalized spacial score (nSPS) is 12.5. The van der Waals surface area contributed by atoms with Crippen molar-refractivity contribution in [1.29, 1.82) is 0 Å². The van der Waals surface area contributed by atoms with E-state index < -0.39 is 0 Å². The van der Waals surface area contributed by atoms with Gasteiger partial charge in [-0.1, -0.05) is 57.5 Å². The lowest BCUT2D eigenvalue weighted by Crippen LogP contribution is -2.01. The van der Waals surface area contributed by atoms with Crippen LogP contribution in [0, 0.1) is 0 Å². The molecule has 112 valence electrons. The van der Waals surface area contributed by atoms with Gasteiger partial charge in [0.2, 0.25) is 5.88 Å². The van der Waals surface area contributed by atoms with Gasteiger partial charge in [-0.2, -0.15) is 4.98 Å². The van der Waals surface area contributed by atoms with Crippen LogP contribution in [0.3, 0.4) is 0 Å². The predicted octanol–water partition coefficient (Wildman–Crippen LogP) is 5.56. The monoisotopic (exact) mass is 304 g/mol. The molecule has 2 aromatic rings. The molecule has 0 bridgehead atoms. The zero-order valence-electron chi connectivity index (χ0n) is 12.9. The number of benzene rings is 1. The SMILES string of the molecule is CCC(C)c1ccccc1Oc1cc(Cl)nc(C(C)C)n1. The maximum absolute atomic E-state index is 6.06. The molecule has 3 nitrogen and oxygen atoms in total. The van der Waals surface area contributed by atoms with Crippen LogP contribution in [-0.4, -0.2) is 9.97 Å². The Morgan fingerprint density at radius 3 is 2.52 bits per heavy atom. The number of aromatic nitrogens is 2. The second-order valence-corrected chi connectivity index (χ2v) is 5.88. The predicted molar refractivity (Wildman–Crippen MR) is 86.4 cm³/mol. The van der Waals surface area contributed by atoms with Gasteiger partial charge >= 0.3 is 0 Å². The van der Waals surface area contributed by atoms with Crippen LogP contribution in [0.5, 0.6) is 11.6 Å². The Morgan fingerprint density at radius 1 is 1.14 bits per heavy atom. The maximum atomic E-state index is 6.06. The molecule has 0 saturated heterocycles. The highest BCUT2D eigenvalue weighted by Crippen LogP contribution is 2.32. The van der Waals surface area contributed by atoms with Crippen LogP contribution >= 0.6 is 11.6 Å². The van der Waals surface area contributed by atoms with E-state index in [0.717, 1.165) is 12.2 Å². The van der Waals surface area contributed by atoms with Gasteiger partial charge in [0.25, 0.3) is 0 Å². The number of halogens is 1. The van der Waals surface area contributed by atoms with Gasteiger partial charge in [-0.15, -0.1) is 0 Å². The van der Waals surface area contributed by atoms with Gasteiger partial charge in [0.15, 0.2) is 0 Å². The molecule has 0 saturated carbocycles. The zero-order valence-corrected chi connectivity index (χ0v) is 13.7. The molecule has 4 heteroatoms. The van der Waals surface area contributed by atoms with Crippen molar-refractivity contribution >= 4 is 11.6 Å². The van der Waals surface area contributed by atoms with E-state index in [1.165, 1.54) is 5.56 Å². The van der Waals surface area contributed by atoms with Gasteiger partial charge in [0.05, 0.1) is 0 Å². The molecule has 0 aliphatic rings. The van der Waals surface area contributed by atoms with E-state index in [2.05, 4.69) is 29.9 Å². The lowest BCUT2D eigenvalue weighted by molar-refractivity contribution is 0.446. The number of nitrogens with zero attached hydrogens (tertiary/aromatic N) is 2. The van der Waals surface area contributed by atoms with Crippen molar-refractivity contribution in [2.45, 2.75) is 46.0 Å². The average Bonchev–Trinajstić information content (AvgIpc) is 2.46. The fraction of sp³-hybridized carbons (Fsp3) is 0.412. The van der Waals surface area contributed by atoms with Crippen molar-refractivity contribution in [2.24, 2.45) is 0 Å². The molecule has 1 aromatic carbocycles. The molecule has 1 atom stereocenters. The number of ether oxygens (including phenoxy) is 1. The zero-order chi connectivity index (χ0) is 15.4. The summed E-state index contributed by atoms with van der Waals surface area (Å²) >= 11 is 6.06. The summed E-state index contributed by atoms with van der Waals surface area (Å²) in [5.74, 6) is 2.66. The molecule has 1 unspecified atom stereocenters. The van der Waals surface area contributed by atoms with Gasteiger partial charge in [-0.05, 0) is 24.0 Å². The molecule has 0 amide bonds. The summed E-state index contributed by atoms with van der Waals surface area (Å²) in [6.07, 6.45) is 1.06. The van der Waals surface area contributed by atoms with Crippen LogP contribution in [0.25, 0.3) is 0 Å². The summed E-state index contributed by atoms with van der Waals surface area (Å²) < 4.78 is 5.97. The van der Waals surface area contributed by atoms with Crippen molar-refractivity contribution in [1.82, 2.24) is 9.97 Å². The molecule has 0 aliphatic carbocycles. The molecule has 0 N–H and O–H groups in total. The third-order valence-corrected chi connectivity index (χ3v) is 3.68. The standard InChI is InChI=1S/C17H21ClN2O/c1-5-12(4)13-8-6-7-9-14(13)21-16-10-15(18)19-17(20-16)11(2)3/h6-12H,5H2,1-4H3. The van der Waals surface area contributed by atoms with Crippen LogP contribution in [0.2, 0.25) is 5.15 Å². The van der Waals surface area contributed by atoms with E-state index in [9.17, 15) is 0 Å². The Labute approximate surface area is 131 Å². The van der Waals surface area contributed by atoms with Crippen molar-refractivity contribution in [2.75, 3.05) is 0 Å². The van der Waals surface area contributed by atoms with Crippen LogP contribution in [0.1, 0.15) is 57.3 Å². The number of hydrogen-bond acceptors (Lipinski definition) is 3. The number of rotatable bonds is 5. The van der Waals surface area contributed by atoms with Crippen LogP contribution < -0.4 is 4.74 Å². The Morgan fingerprint density at radius 2 is 1.86 bits per heavy atom. The van der Waals surface area contributed by atoms with Gasteiger partial charge in [0.1, 0.15) is 16.7 Å². The van der Waals surface area contributed by atoms with E-state index in [1.807, 2.05) is 32.0 Å². The fourth-order valence-corrected chi connectivity index (χ4v) is 2.22. The average molecular weight is 305 g/mol. The molecule has 0 fully saturated rings. The third kappa shape index (κ3) is 3.94. The molecule has 0 radical (unpaired) electrons. The van der Waals surface area contributed by atoms with Crippen molar-refractivity contribution < 1.29 is 4.74 Å². The summed E-state index contributed by atoms with van der Waals surface area (Å²) in [5, 5.41) is 0.407. The number of hydrogen-bond donors (Lipinski definition) is 0. The summed E-state index contributed by atoms with van der Waals surface area (Å²) in [7, 11) is 0. The van der Waals surface area contributed by atoms with Gasteiger partial charge in [0, 0.05) is 12.0 Å². The summed E-state index contributed by atoms with van der Waals surface area (Å²) in [6.45, 7) is 8.42. The molecule has 21 heavy (non-hydrogen) atoms. The Kier molecular flexibility index (Phi) is 5.18. The van der Waals surface area contributed by atoms with Crippen molar-refractivity contribution in [3.05, 3.63) is 46.9 Å². The van der Waals surface area contributed by atoms with E-state index in [-0.39, 0.29) is 5.92 Å². The van der Waals surface area contributed by atoms with Gasteiger partial charge < -0.3 is 4.74 Å². The van der Waals surface area contributed by atoms with Crippen molar-refractivity contribution in [3.8, 4) is 11.6 Å². The lowest BCUT2D eigenvalue weighted by Gasteiger charge is -2.15. The minimum atomic E-state index is 0.204. The minimum Gasteiger partial charge on any atom is -0.439 e. The van der Waals surface area contributed by atoms with Crippen LogP contribution in [0.15, 0.2) is 30.3 Å². The minimum absolute atomic E-state index is 0.204. The first kappa shape index (κ1) is 15.8. The molecule has 2 rings (SSSR count). The Hall–Kier alpha value is -1.61. The Bertz CT molecular complexity index is 613. The highest BCUT2D eigenvalue weighted by Gasteiger charge is 2.13. The summed E-state index contributed by atoms with van der Waals surface area (Å²) in [4.78, 5) is 8.66. The van der Waals surface area contributed by atoms with Crippen molar-refractivity contribution in [3.63, 3.8) is 0 Å². The fourth-order valence-electron chi connectivity index (χ4n) is 2.04. The van der Waals surface area contributed by atoms with Crippen LogP contribution in [-0.2, 0) is 0 Å². The second-order valence-electron chi connectivity index (χ2n) is 5.49. The summed E-state index contributed by atoms with van der Waals surface area (Å²) in [6, 6.07) is 9.71. The smallest absolute Gasteiger partial charge is 0.224 e. The largest absolute Gasteiger partial charge is 0.439 e. The van der Waals surface area contributed by atoms with Gasteiger partial charge in [-0.3, -0.25) is 0 Å². The van der Waals surface area contributed by atoms with E-state index >= 15 is 0 Å². The van der Waals surface area contributed by atoms with E-state index in [0.29, 0.717) is 22.8 Å². The highest BCUT2D eigenvalue weighted by atomic mass is 35.5.